The van der Waals surface area contributed by atoms with Gasteiger partial charge in [0.1, 0.15) is 0 Å². The van der Waals surface area contributed by atoms with Crippen molar-refractivity contribution in [3.8, 4) is 5.88 Å². The summed E-state index contributed by atoms with van der Waals surface area (Å²) in [6.07, 6.45) is 4.71. The smallest absolute Gasteiger partial charge is 0.213 e. The van der Waals surface area contributed by atoms with E-state index in [1.807, 2.05) is 26.1 Å². The van der Waals surface area contributed by atoms with Gasteiger partial charge >= 0.3 is 0 Å². The lowest BCUT2D eigenvalue weighted by Crippen LogP contribution is -2.27. The number of likely N-dealkylation sites (tertiary alicyclic amines) is 1. The molecule has 1 aliphatic rings. The zero-order chi connectivity index (χ0) is 13.8. The Bertz CT molecular complexity index is 386. The molecule has 0 N–H and O–H groups in total. The van der Waals surface area contributed by atoms with Crippen molar-refractivity contribution in [1.82, 2.24) is 9.88 Å². The Morgan fingerprint density at radius 1 is 1.32 bits per heavy atom. The van der Waals surface area contributed by atoms with Gasteiger partial charge in [-0.2, -0.15) is 0 Å². The van der Waals surface area contributed by atoms with E-state index in [9.17, 15) is 0 Å². The SMILES string of the molecule is CC(C)CN1CCC[C@@H]1c1ccc(OC(C)C)nc1. The number of hydrogen-bond donors (Lipinski definition) is 0. The zero-order valence-corrected chi connectivity index (χ0v) is 12.6. The predicted octanol–water partition coefficient (Wildman–Crippen LogP) is 3.66. The molecule has 0 radical (unpaired) electrons. The fourth-order valence-electron chi connectivity index (χ4n) is 2.79. The third-order valence-corrected chi connectivity index (χ3v) is 3.46. The van der Waals surface area contributed by atoms with Crippen molar-refractivity contribution < 1.29 is 4.74 Å². The van der Waals surface area contributed by atoms with Crippen molar-refractivity contribution in [2.75, 3.05) is 13.1 Å². The molecule has 0 aliphatic carbocycles. The van der Waals surface area contributed by atoms with E-state index in [0.717, 1.165) is 11.8 Å². The van der Waals surface area contributed by atoms with Gasteiger partial charge in [0, 0.05) is 24.8 Å². The minimum absolute atomic E-state index is 0.183. The summed E-state index contributed by atoms with van der Waals surface area (Å²) in [5, 5.41) is 0. The Labute approximate surface area is 117 Å². The van der Waals surface area contributed by atoms with Crippen molar-refractivity contribution in [2.45, 2.75) is 52.7 Å². The second-order valence-electron chi connectivity index (χ2n) is 6.14. The topological polar surface area (TPSA) is 25.4 Å². The molecule has 0 amide bonds. The molecule has 0 unspecified atom stereocenters. The summed E-state index contributed by atoms with van der Waals surface area (Å²) in [6.45, 7) is 11.0. The molecule has 0 aromatic carbocycles. The van der Waals surface area contributed by atoms with Gasteiger partial charge in [-0.3, -0.25) is 4.90 Å². The van der Waals surface area contributed by atoms with E-state index in [2.05, 4.69) is 29.8 Å². The molecule has 1 saturated heterocycles. The molecule has 3 nitrogen and oxygen atoms in total. The van der Waals surface area contributed by atoms with Crippen LogP contribution in [0.5, 0.6) is 5.88 Å². The summed E-state index contributed by atoms with van der Waals surface area (Å²) in [4.78, 5) is 7.02. The van der Waals surface area contributed by atoms with Crippen LogP contribution in [0.1, 0.15) is 52.1 Å². The summed E-state index contributed by atoms with van der Waals surface area (Å²) in [5.41, 5.74) is 1.33. The van der Waals surface area contributed by atoms with Crippen molar-refractivity contribution in [2.24, 2.45) is 5.92 Å². The van der Waals surface area contributed by atoms with Gasteiger partial charge in [-0.25, -0.2) is 4.98 Å². The average molecular weight is 262 g/mol. The summed E-state index contributed by atoms with van der Waals surface area (Å²) in [5.74, 6) is 1.45. The molecular formula is C16H26N2O. The van der Waals surface area contributed by atoms with Crippen molar-refractivity contribution in [3.05, 3.63) is 23.9 Å². The first-order valence-corrected chi connectivity index (χ1v) is 7.43. The average Bonchev–Trinajstić information content (AvgIpc) is 2.76. The summed E-state index contributed by atoms with van der Waals surface area (Å²) in [7, 11) is 0. The summed E-state index contributed by atoms with van der Waals surface area (Å²) < 4.78 is 5.60. The molecule has 1 atom stereocenters. The molecular weight excluding hydrogens is 236 g/mol. The van der Waals surface area contributed by atoms with E-state index in [1.165, 1.54) is 31.5 Å². The standard InChI is InChI=1S/C16H26N2O/c1-12(2)11-18-9-5-6-15(18)14-7-8-16(17-10-14)19-13(3)4/h7-8,10,12-13,15H,5-6,9,11H2,1-4H3/t15-/m1/s1. The van der Waals surface area contributed by atoms with Gasteiger partial charge in [0.05, 0.1) is 6.10 Å². The fourth-order valence-corrected chi connectivity index (χ4v) is 2.79. The van der Waals surface area contributed by atoms with Crippen LogP contribution in [-0.4, -0.2) is 29.1 Å². The lowest BCUT2D eigenvalue weighted by molar-refractivity contribution is 0.224. The van der Waals surface area contributed by atoms with Gasteiger partial charge < -0.3 is 4.74 Å². The minimum atomic E-state index is 0.183. The van der Waals surface area contributed by atoms with Gasteiger partial charge in [-0.05, 0) is 44.7 Å². The maximum Gasteiger partial charge on any atom is 0.213 e. The molecule has 0 bridgehead atoms. The molecule has 0 saturated carbocycles. The van der Waals surface area contributed by atoms with Crippen LogP contribution < -0.4 is 4.74 Å². The highest BCUT2D eigenvalue weighted by molar-refractivity contribution is 5.22. The molecule has 1 aromatic heterocycles. The first-order chi connectivity index (χ1) is 9.06. The van der Waals surface area contributed by atoms with Crippen LogP contribution in [-0.2, 0) is 0 Å². The first-order valence-electron chi connectivity index (χ1n) is 7.43. The maximum absolute atomic E-state index is 5.60. The van der Waals surface area contributed by atoms with Crippen LogP contribution >= 0.6 is 0 Å². The lowest BCUT2D eigenvalue weighted by Gasteiger charge is -2.26. The highest BCUT2D eigenvalue weighted by Gasteiger charge is 2.26. The maximum atomic E-state index is 5.60. The molecule has 3 heteroatoms. The third kappa shape index (κ3) is 3.93. The van der Waals surface area contributed by atoms with Gasteiger partial charge in [0.15, 0.2) is 0 Å². The first kappa shape index (κ1) is 14.3. The van der Waals surface area contributed by atoms with Gasteiger partial charge in [0.25, 0.3) is 0 Å². The van der Waals surface area contributed by atoms with E-state index in [4.69, 9.17) is 4.74 Å². The van der Waals surface area contributed by atoms with Gasteiger partial charge in [0.2, 0.25) is 5.88 Å². The molecule has 1 fully saturated rings. The van der Waals surface area contributed by atoms with Crippen LogP contribution in [0, 0.1) is 5.92 Å². The molecule has 2 heterocycles. The largest absolute Gasteiger partial charge is 0.475 e. The van der Waals surface area contributed by atoms with Gasteiger partial charge in [-0.15, -0.1) is 0 Å². The highest BCUT2D eigenvalue weighted by atomic mass is 16.5. The molecule has 19 heavy (non-hydrogen) atoms. The number of nitrogens with zero attached hydrogens (tertiary/aromatic N) is 2. The van der Waals surface area contributed by atoms with Crippen molar-refractivity contribution >= 4 is 0 Å². The highest BCUT2D eigenvalue weighted by Crippen LogP contribution is 2.32. The summed E-state index contributed by atoms with van der Waals surface area (Å²) >= 11 is 0. The Hall–Kier alpha value is -1.09. The van der Waals surface area contributed by atoms with E-state index in [-0.39, 0.29) is 6.10 Å². The van der Waals surface area contributed by atoms with Crippen LogP contribution in [0.3, 0.4) is 0 Å². The zero-order valence-electron chi connectivity index (χ0n) is 12.6. The Balaban J connectivity index is 2.04. The Kier molecular flexibility index (Phi) is 4.81. The number of pyridine rings is 1. The van der Waals surface area contributed by atoms with E-state index in [0.29, 0.717) is 6.04 Å². The molecule has 0 spiro atoms. The molecule has 1 aromatic rings. The molecule has 2 rings (SSSR count). The summed E-state index contributed by atoms with van der Waals surface area (Å²) in [6, 6.07) is 4.72. The number of aromatic nitrogens is 1. The predicted molar refractivity (Wildman–Crippen MR) is 78.4 cm³/mol. The monoisotopic (exact) mass is 262 g/mol. The number of ether oxygens (including phenoxy) is 1. The van der Waals surface area contributed by atoms with Crippen LogP contribution in [0.4, 0.5) is 0 Å². The van der Waals surface area contributed by atoms with Crippen molar-refractivity contribution in [3.63, 3.8) is 0 Å². The molecule has 106 valence electrons. The minimum Gasteiger partial charge on any atom is -0.475 e. The van der Waals surface area contributed by atoms with Crippen molar-refractivity contribution in [1.29, 1.82) is 0 Å². The number of rotatable bonds is 5. The third-order valence-electron chi connectivity index (χ3n) is 3.46. The fraction of sp³-hybridized carbons (Fsp3) is 0.688. The normalized spacial score (nSPS) is 20.4. The Morgan fingerprint density at radius 3 is 2.68 bits per heavy atom. The second kappa shape index (κ2) is 6.38. The second-order valence-corrected chi connectivity index (χ2v) is 6.14. The van der Waals surface area contributed by atoms with Crippen LogP contribution in [0.2, 0.25) is 0 Å². The Morgan fingerprint density at radius 2 is 2.11 bits per heavy atom. The van der Waals surface area contributed by atoms with E-state index >= 15 is 0 Å². The molecule has 1 aliphatic heterocycles. The van der Waals surface area contributed by atoms with Gasteiger partial charge in [-0.1, -0.05) is 19.9 Å². The van der Waals surface area contributed by atoms with Crippen LogP contribution in [0.15, 0.2) is 18.3 Å². The van der Waals surface area contributed by atoms with E-state index < -0.39 is 0 Å². The van der Waals surface area contributed by atoms with Crippen LogP contribution in [0.25, 0.3) is 0 Å². The lowest BCUT2D eigenvalue weighted by atomic mass is 10.1. The van der Waals surface area contributed by atoms with E-state index in [1.54, 1.807) is 0 Å². The number of hydrogen-bond acceptors (Lipinski definition) is 3. The quantitative estimate of drug-likeness (QED) is 0.809.